The minimum Gasteiger partial charge on any atom is -0.458 e. The standard InChI is InChI=1S/C13H20O3/c1-11(2,3)10(14)16-13-5-8-4-12(15,7-13)6-9(8)13/h8-9,15H,4-7H2,1-3H3. The van der Waals surface area contributed by atoms with Crippen LogP contribution in [0, 0.1) is 17.3 Å². The zero-order valence-corrected chi connectivity index (χ0v) is 10.2. The maximum Gasteiger partial charge on any atom is 0.311 e. The van der Waals surface area contributed by atoms with Crippen molar-refractivity contribution in [3.05, 3.63) is 0 Å². The van der Waals surface area contributed by atoms with Gasteiger partial charge in [-0.1, -0.05) is 0 Å². The molecule has 0 amide bonds. The van der Waals surface area contributed by atoms with Crippen LogP contribution in [0.1, 0.15) is 46.5 Å². The number of rotatable bonds is 1. The summed E-state index contributed by atoms with van der Waals surface area (Å²) in [6.45, 7) is 5.64. The number of esters is 1. The first-order chi connectivity index (χ1) is 7.24. The van der Waals surface area contributed by atoms with Crippen molar-refractivity contribution in [2.45, 2.75) is 57.7 Å². The molecule has 0 aromatic heterocycles. The Labute approximate surface area is 96.2 Å². The van der Waals surface area contributed by atoms with Crippen LogP contribution in [0.4, 0.5) is 0 Å². The summed E-state index contributed by atoms with van der Waals surface area (Å²) in [6.07, 6.45) is 3.41. The third kappa shape index (κ3) is 1.21. The van der Waals surface area contributed by atoms with Gasteiger partial charge in [-0.15, -0.1) is 0 Å². The van der Waals surface area contributed by atoms with E-state index in [9.17, 15) is 9.90 Å². The molecule has 0 heterocycles. The molecule has 0 radical (unpaired) electrons. The highest BCUT2D eigenvalue weighted by molar-refractivity contribution is 5.76. The van der Waals surface area contributed by atoms with Crippen LogP contribution in [0.25, 0.3) is 0 Å². The summed E-state index contributed by atoms with van der Waals surface area (Å²) in [4.78, 5) is 11.9. The summed E-state index contributed by atoms with van der Waals surface area (Å²) in [5.41, 5.74) is -1.27. The second-order valence-corrected chi connectivity index (χ2v) is 7.08. The SMILES string of the molecule is CC(C)(C)C(=O)OC12CC3CC(O)(CC31)C2. The van der Waals surface area contributed by atoms with Gasteiger partial charge in [-0.2, -0.15) is 0 Å². The number of aliphatic hydroxyl groups is 1. The number of ether oxygens (including phenoxy) is 1. The average molecular weight is 224 g/mol. The van der Waals surface area contributed by atoms with E-state index in [1.807, 2.05) is 20.8 Å². The monoisotopic (exact) mass is 224 g/mol. The number of hydrogen-bond acceptors (Lipinski definition) is 3. The van der Waals surface area contributed by atoms with Gasteiger partial charge >= 0.3 is 5.97 Å². The molecule has 4 unspecified atom stereocenters. The minimum atomic E-state index is -0.522. The van der Waals surface area contributed by atoms with Crippen LogP contribution in [0.5, 0.6) is 0 Å². The number of carbonyl (C=O) groups excluding carboxylic acids is 1. The quantitative estimate of drug-likeness (QED) is 0.692. The molecule has 3 heteroatoms. The maximum absolute atomic E-state index is 11.9. The van der Waals surface area contributed by atoms with Crippen LogP contribution in [0.3, 0.4) is 0 Å². The van der Waals surface area contributed by atoms with Gasteiger partial charge < -0.3 is 9.84 Å². The van der Waals surface area contributed by atoms with Crippen molar-refractivity contribution in [3.63, 3.8) is 0 Å². The van der Waals surface area contributed by atoms with Gasteiger partial charge in [0.2, 0.25) is 0 Å². The van der Waals surface area contributed by atoms with Crippen molar-refractivity contribution in [1.29, 1.82) is 0 Å². The highest BCUT2D eigenvalue weighted by atomic mass is 16.6. The van der Waals surface area contributed by atoms with E-state index in [1.165, 1.54) is 0 Å². The fraction of sp³-hybridized carbons (Fsp3) is 0.923. The first-order valence-corrected chi connectivity index (χ1v) is 6.20. The lowest BCUT2D eigenvalue weighted by Gasteiger charge is -2.53. The van der Waals surface area contributed by atoms with E-state index in [0.29, 0.717) is 18.3 Å². The predicted octanol–water partition coefficient (Wildman–Crippen LogP) is 1.88. The molecule has 0 aromatic carbocycles. The van der Waals surface area contributed by atoms with E-state index in [0.717, 1.165) is 19.3 Å². The minimum absolute atomic E-state index is 0.123. The molecular weight excluding hydrogens is 204 g/mol. The topological polar surface area (TPSA) is 46.5 Å². The molecule has 0 aliphatic heterocycles. The molecule has 0 spiro atoms. The number of hydrogen-bond donors (Lipinski definition) is 1. The first-order valence-electron chi connectivity index (χ1n) is 6.20. The second kappa shape index (κ2) is 2.63. The van der Waals surface area contributed by atoms with Crippen molar-refractivity contribution in [2.75, 3.05) is 0 Å². The van der Waals surface area contributed by atoms with Crippen molar-refractivity contribution in [2.24, 2.45) is 17.3 Å². The number of carbonyl (C=O) groups is 1. The molecule has 3 saturated carbocycles. The molecule has 0 aromatic rings. The van der Waals surface area contributed by atoms with Crippen molar-refractivity contribution in [3.8, 4) is 0 Å². The molecule has 2 bridgehead atoms. The van der Waals surface area contributed by atoms with E-state index < -0.39 is 11.0 Å². The highest BCUT2D eigenvalue weighted by Crippen LogP contribution is 2.69. The van der Waals surface area contributed by atoms with E-state index in [-0.39, 0.29) is 11.6 Å². The fourth-order valence-electron chi connectivity index (χ4n) is 3.95. The summed E-state index contributed by atoms with van der Waals surface area (Å²) in [5, 5.41) is 10.2. The van der Waals surface area contributed by atoms with Crippen LogP contribution < -0.4 is 0 Å². The van der Waals surface area contributed by atoms with Gasteiger partial charge in [0.05, 0.1) is 11.0 Å². The van der Waals surface area contributed by atoms with Gasteiger partial charge in [0.25, 0.3) is 0 Å². The summed E-state index contributed by atoms with van der Waals surface area (Å²) in [7, 11) is 0. The predicted molar refractivity (Wildman–Crippen MR) is 58.7 cm³/mol. The Kier molecular flexibility index (Phi) is 1.74. The Morgan fingerprint density at radius 2 is 2.00 bits per heavy atom. The second-order valence-electron chi connectivity index (χ2n) is 7.08. The Bertz CT molecular complexity index is 357. The summed E-state index contributed by atoms with van der Waals surface area (Å²) in [5.74, 6) is 0.914. The molecule has 3 rings (SSSR count). The van der Waals surface area contributed by atoms with E-state index in [1.54, 1.807) is 0 Å². The van der Waals surface area contributed by atoms with Gasteiger partial charge in [-0.3, -0.25) is 4.79 Å². The Hall–Kier alpha value is -0.570. The summed E-state index contributed by atoms with van der Waals surface area (Å²) in [6, 6.07) is 0. The average Bonchev–Trinajstić information content (AvgIpc) is 2.48. The molecule has 4 atom stereocenters. The Morgan fingerprint density at radius 1 is 1.31 bits per heavy atom. The molecule has 1 N–H and O–H groups in total. The largest absolute Gasteiger partial charge is 0.458 e. The van der Waals surface area contributed by atoms with Gasteiger partial charge in [0.15, 0.2) is 0 Å². The summed E-state index contributed by atoms with van der Waals surface area (Å²) < 4.78 is 5.73. The first kappa shape index (κ1) is 10.6. The van der Waals surface area contributed by atoms with Gasteiger partial charge in [-0.05, 0) is 46.0 Å². The lowest BCUT2D eigenvalue weighted by molar-refractivity contribution is -0.209. The van der Waals surface area contributed by atoms with Crippen LogP contribution in [0.15, 0.2) is 0 Å². The molecule has 3 aliphatic carbocycles. The van der Waals surface area contributed by atoms with E-state index in [2.05, 4.69) is 0 Å². The molecule has 3 fully saturated rings. The molecule has 0 saturated heterocycles. The van der Waals surface area contributed by atoms with Gasteiger partial charge in [0.1, 0.15) is 5.60 Å². The lowest BCUT2D eigenvalue weighted by Crippen LogP contribution is -2.57. The zero-order valence-electron chi connectivity index (χ0n) is 10.2. The van der Waals surface area contributed by atoms with Crippen molar-refractivity contribution < 1.29 is 14.6 Å². The van der Waals surface area contributed by atoms with Crippen LogP contribution in [-0.4, -0.2) is 22.3 Å². The third-order valence-electron chi connectivity index (χ3n) is 4.63. The fourth-order valence-corrected chi connectivity index (χ4v) is 3.95. The third-order valence-corrected chi connectivity index (χ3v) is 4.63. The maximum atomic E-state index is 11.9. The smallest absolute Gasteiger partial charge is 0.311 e. The van der Waals surface area contributed by atoms with E-state index in [4.69, 9.17) is 4.74 Å². The molecular formula is C13H20O3. The van der Waals surface area contributed by atoms with Crippen LogP contribution in [0.2, 0.25) is 0 Å². The van der Waals surface area contributed by atoms with Crippen LogP contribution in [-0.2, 0) is 9.53 Å². The highest BCUT2D eigenvalue weighted by Gasteiger charge is 2.72. The molecule has 3 nitrogen and oxygen atoms in total. The Morgan fingerprint density at radius 3 is 2.44 bits per heavy atom. The van der Waals surface area contributed by atoms with Crippen LogP contribution >= 0.6 is 0 Å². The van der Waals surface area contributed by atoms with Crippen molar-refractivity contribution >= 4 is 5.97 Å². The molecule has 3 aliphatic rings. The van der Waals surface area contributed by atoms with Gasteiger partial charge in [0, 0.05) is 12.3 Å². The zero-order chi connectivity index (χ0) is 11.8. The molecule has 16 heavy (non-hydrogen) atoms. The normalized spacial score (nSPS) is 49.0. The summed E-state index contributed by atoms with van der Waals surface area (Å²) >= 11 is 0. The Balaban J connectivity index is 1.76. The van der Waals surface area contributed by atoms with Crippen molar-refractivity contribution in [1.82, 2.24) is 0 Å². The number of fused-ring (bicyclic) bond motifs is 1. The molecule has 90 valence electrons. The van der Waals surface area contributed by atoms with Gasteiger partial charge in [-0.25, -0.2) is 0 Å². The van der Waals surface area contributed by atoms with E-state index >= 15 is 0 Å². The lowest BCUT2D eigenvalue weighted by atomic mass is 9.59.